The van der Waals surface area contributed by atoms with Crippen molar-refractivity contribution >= 4 is 17.2 Å². The summed E-state index contributed by atoms with van der Waals surface area (Å²) in [6.07, 6.45) is 1.96. The number of carbonyl (C=O) groups excluding carboxylic acids is 1. The van der Waals surface area contributed by atoms with Crippen molar-refractivity contribution in [1.29, 1.82) is 0 Å². The van der Waals surface area contributed by atoms with Crippen LogP contribution in [0.1, 0.15) is 33.6 Å². The number of hydrogen-bond acceptors (Lipinski definition) is 5. The Kier molecular flexibility index (Phi) is 6.11. The van der Waals surface area contributed by atoms with E-state index in [0.29, 0.717) is 18.7 Å². The van der Waals surface area contributed by atoms with Gasteiger partial charge in [0.05, 0.1) is 19.3 Å². The van der Waals surface area contributed by atoms with E-state index in [-0.39, 0.29) is 17.6 Å². The molecule has 0 aliphatic carbocycles. The largest absolute Gasteiger partial charge is 0.377 e. The highest BCUT2D eigenvalue weighted by Crippen LogP contribution is 2.33. The van der Waals surface area contributed by atoms with Crippen LogP contribution in [-0.2, 0) is 16.0 Å². The molecule has 4 rings (SSSR count). The molecule has 3 heterocycles. The lowest BCUT2D eigenvalue weighted by atomic mass is 10.00. The Labute approximate surface area is 170 Å². The molecular weight excluding hydrogens is 372 g/mol. The molecule has 0 saturated carbocycles. The van der Waals surface area contributed by atoms with Gasteiger partial charge in [-0.25, -0.2) is 0 Å². The van der Waals surface area contributed by atoms with E-state index in [4.69, 9.17) is 9.47 Å². The van der Waals surface area contributed by atoms with Gasteiger partial charge in [0, 0.05) is 36.6 Å². The van der Waals surface area contributed by atoms with E-state index in [2.05, 4.69) is 27.7 Å². The number of amides is 1. The van der Waals surface area contributed by atoms with Crippen LogP contribution in [0, 0.1) is 6.92 Å². The Balaban J connectivity index is 1.31. The van der Waals surface area contributed by atoms with Crippen molar-refractivity contribution in [3.63, 3.8) is 0 Å². The summed E-state index contributed by atoms with van der Waals surface area (Å²) in [5.74, 6) is -0.0408. The van der Waals surface area contributed by atoms with Crippen molar-refractivity contribution in [3.8, 4) is 0 Å². The van der Waals surface area contributed by atoms with E-state index >= 15 is 0 Å². The number of hydrogen-bond donors (Lipinski definition) is 1. The van der Waals surface area contributed by atoms with Crippen LogP contribution in [-0.4, -0.2) is 55.4 Å². The van der Waals surface area contributed by atoms with Crippen molar-refractivity contribution in [1.82, 2.24) is 10.2 Å². The van der Waals surface area contributed by atoms with Crippen LogP contribution in [0.5, 0.6) is 0 Å². The summed E-state index contributed by atoms with van der Waals surface area (Å²) < 4.78 is 12.3. The molecule has 0 unspecified atom stereocenters. The van der Waals surface area contributed by atoms with E-state index in [0.717, 1.165) is 44.6 Å². The van der Waals surface area contributed by atoms with E-state index in [9.17, 15) is 4.79 Å². The van der Waals surface area contributed by atoms with Gasteiger partial charge in [-0.05, 0) is 43.3 Å². The van der Waals surface area contributed by atoms with Crippen LogP contribution in [0.25, 0.3) is 0 Å². The molecule has 2 atom stereocenters. The van der Waals surface area contributed by atoms with Crippen LogP contribution in [0.15, 0.2) is 41.8 Å². The first-order chi connectivity index (χ1) is 13.6. The van der Waals surface area contributed by atoms with Crippen molar-refractivity contribution in [3.05, 3.63) is 57.8 Å². The van der Waals surface area contributed by atoms with Gasteiger partial charge in [-0.3, -0.25) is 9.69 Å². The molecule has 6 heteroatoms. The van der Waals surface area contributed by atoms with E-state index < -0.39 is 0 Å². The standard InChI is InChI=1S/C22H28N2O3S/c1-17-4-6-18(7-5-17)21(25)23-13-19-8-9-22(27-19)15-24(10-11-26-16-22)14-20-3-2-12-28-20/h2-7,12,19H,8-11,13-16H2,1H3,(H,23,25)/t19-,22-/m0/s1. The van der Waals surface area contributed by atoms with Gasteiger partial charge in [0.2, 0.25) is 0 Å². The maximum atomic E-state index is 12.4. The molecule has 2 aromatic rings. The second-order valence-corrected chi connectivity index (χ2v) is 8.91. The number of benzene rings is 1. The highest BCUT2D eigenvalue weighted by Gasteiger charge is 2.43. The van der Waals surface area contributed by atoms with Crippen LogP contribution >= 0.6 is 11.3 Å². The smallest absolute Gasteiger partial charge is 0.251 e. The minimum atomic E-state index is -0.257. The Morgan fingerprint density at radius 2 is 2.18 bits per heavy atom. The average Bonchev–Trinajstić information content (AvgIpc) is 3.29. The fourth-order valence-electron chi connectivity index (χ4n) is 4.02. The fourth-order valence-corrected chi connectivity index (χ4v) is 4.76. The van der Waals surface area contributed by atoms with Crippen LogP contribution in [0.2, 0.25) is 0 Å². The first-order valence-electron chi connectivity index (χ1n) is 9.97. The molecule has 1 N–H and O–H groups in total. The van der Waals surface area contributed by atoms with E-state index in [1.54, 1.807) is 11.3 Å². The van der Waals surface area contributed by atoms with E-state index in [1.165, 1.54) is 4.88 Å². The Morgan fingerprint density at radius 1 is 1.32 bits per heavy atom. The van der Waals surface area contributed by atoms with Gasteiger partial charge in [-0.1, -0.05) is 23.8 Å². The third-order valence-electron chi connectivity index (χ3n) is 5.53. The normalized spacial score (nSPS) is 25.7. The van der Waals surface area contributed by atoms with Gasteiger partial charge in [0.25, 0.3) is 5.91 Å². The first kappa shape index (κ1) is 19.6. The van der Waals surface area contributed by atoms with Gasteiger partial charge >= 0.3 is 0 Å². The van der Waals surface area contributed by atoms with Crippen molar-refractivity contribution in [2.45, 2.75) is 38.0 Å². The number of carbonyl (C=O) groups is 1. The molecular formula is C22H28N2O3S. The molecule has 1 aromatic heterocycles. The molecule has 0 radical (unpaired) electrons. The van der Waals surface area contributed by atoms with Gasteiger partial charge in [-0.2, -0.15) is 0 Å². The van der Waals surface area contributed by atoms with Crippen molar-refractivity contribution in [2.24, 2.45) is 0 Å². The zero-order chi connectivity index (χ0) is 19.4. The summed E-state index contributed by atoms with van der Waals surface area (Å²) in [6, 6.07) is 11.9. The Bertz CT molecular complexity index is 778. The van der Waals surface area contributed by atoms with Crippen LogP contribution < -0.4 is 5.32 Å². The first-order valence-corrected chi connectivity index (χ1v) is 10.9. The van der Waals surface area contributed by atoms with Crippen LogP contribution in [0.4, 0.5) is 0 Å². The lowest BCUT2D eigenvalue weighted by molar-refractivity contribution is -0.0848. The van der Waals surface area contributed by atoms with E-state index in [1.807, 2.05) is 31.2 Å². The quantitative estimate of drug-likeness (QED) is 0.837. The van der Waals surface area contributed by atoms with Gasteiger partial charge in [-0.15, -0.1) is 11.3 Å². The highest BCUT2D eigenvalue weighted by molar-refractivity contribution is 7.09. The fraction of sp³-hybridized carbons (Fsp3) is 0.500. The minimum absolute atomic E-state index is 0.0408. The maximum absolute atomic E-state index is 12.4. The average molecular weight is 401 g/mol. The SMILES string of the molecule is Cc1ccc(C(=O)NC[C@@H]2CC[C@]3(COCCN(Cc4cccs4)C3)O2)cc1. The molecule has 2 fully saturated rings. The van der Waals surface area contributed by atoms with Crippen molar-refractivity contribution in [2.75, 3.05) is 32.8 Å². The number of aryl methyl sites for hydroxylation is 1. The second kappa shape index (κ2) is 8.74. The molecule has 1 aromatic carbocycles. The Morgan fingerprint density at radius 3 is 2.96 bits per heavy atom. The monoisotopic (exact) mass is 400 g/mol. The lowest BCUT2D eigenvalue weighted by Crippen LogP contribution is -2.45. The summed E-state index contributed by atoms with van der Waals surface area (Å²) in [5, 5.41) is 5.15. The summed E-state index contributed by atoms with van der Waals surface area (Å²) in [4.78, 5) is 16.2. The lowest BCUT2D eigenvalue weighted by Gasteiger charge is -2.31. The number of ether oxygens (including phenoxy) is 2. The number of nitrogens with one attached hydrogen (secondary N) is 1. The number of thiophene rings is 1. The zero-order valence-corrected chi connectivity index (χ0v) is 17.2. The molecule has 2 aliphatic rings. The van der Waals surface area contributed by atoms with Gasteiger partial charge < -0.3 is 14.8 Å². The Hall–Kier alpha value is -1.73. The minimum Gasteiger partial charge on any atom is -0.377 e. The molecule has 0 bridgehead atoms. The number of rotatable bonds is 5. The molecule has 28 heavy (non-hydrogen) atoms. The topological polar surface area (TPSA) is 50.8 Å². The maximum Gasteiger partial charge on any atom is 0.251 e. The van der Waals surface area contributed by atoms with Gasteiger partial charge in [0.1, 0.15) is 5.60 Å². The van der Waals surface area contributed by atoms with Crippen LogP contribution in [0.3, 0.4) is 0 Å². The summed E-state index contributed by atoms with van der Waals surface area (Å²) in [5.41, 5.74) is 1.59. The molecule has 2 aliphatic heterocycles. The molecule has 1 amide bonds. The predicted molar refractivity (Wildman–Crippen MR) is 111 cm³/mol. The summed E-state index contributed by atoms with van der Waals surface area (Å²) in [6.45, 7) is 6.69. The third kappa shape index (κ3) is 4.81. The molecule has 150 valence electrons. The molecule has 2 saturated heterocycles. The second-order valence-electron chi connectivity index (χ2n) is 7.88. The van der Waals surface area contributed by atoms with Gasteiger partial charge in [0.15, 0.2) is 0 Å². The predicted octanol–water partition coefficient (Wildman–Crippen LogP) is 3.24. The summed E-state index contributed by atoms with van der Waals surface area (Å²) >= 11 is 1.79. The molecule has 1 spiro atoms. The molecule has 5 nitrogen and oxygen atoms in total. The number of nitrogens with zero attached hydrogens (tertiary/aromatic N) is 1. The highest BCUT2D eigenvalue weighted by atomic mass is 32.1. The van der Waals surface area contributed by atoms with Crippen molar-refractivity contribution < 1.29 is 14.3 Å². The summed E-state index contributed by atoms with van der Waals surface area (Å²) in [7, 11) is 0. The third-order valence-corrected chi connectivity index (χ3v) is 6.39. The zero-order valence-electron chi connectivity index (χ0n) is 16.4.